The van der Waals surface area contributed by atoms with Crippen LogP contribution in [0.15, 0.2) is 24.3 Å². The Kier molecular flexibility index (Phi) is 1.45. The first kappa shape index (κ1) is 6.52. The van der Waals surface area contributed by atoms with Crippen LogP contribution in [0.5, 0.6) is 0 Å². The van der Waals surface area contributed by atoms with Crippen molar-refractivity contribution in [3.8, 4) is 11.3 Å². The van der Waals surface area contributed by atoms with E-state index in [1.54, 1.807) is 0 Å². The Morgan fingerprint density at radius 1 is 1.18 bits per heavy atom. The molecule has 0 saturated carbocycles. The number of hydrogen-bond acceptors (Lipinski definition) is 0. The Balaban J connectivity index is 2.43. The SMILES string of the molecule is ClC#CC1=Cc2ccccc21. The van der Waals surface area contributed by atoms with E-state index in [1.165, 1.54) is 11.1 Å². The average molecular weight is 161 g/mol. The summed E-state index contributed by atoms with van der Waals surface area (Å²) >= 11 is 5.27. The molecule has 1 aromatic rings. The molecule has 1 aromatic carbocycles. The fraction of sp³-hybridized carbons (Fsp3) is 0. The summed E-state index contributed by atoms with van der Waals surface area (Å²) in [5, 5.41) is 2.36. The minimum absolute atomic E-state index is 1.04. The largest absolute Gasteiger partial charge is 0.0616 e. The van der Waals surface area contributed by atoms with E-state index in [2.05, 4.69) is 17.4 Å². The van der Waals surface area contributed by atoms with E-state index in [1.807, 2.05) is 24.3 Å². The molecule has 0 nitrogen and oxygen atoms in total. The highest BCUT2D eigenvalue weighted by Crippen LogP contribution is 2.30. The maximum atomic E-state index is 5.27. The van der Waals surface area contributed by atoms with Crippen molar-refractivity contribution in [1.82, 2.24) is 0 Å². The van der Waals surface area contributed by atoms with Gasteiger partial charge in [0.15, 0.2) is 0 Å². The molecule has 0 aromatic heterocycles. The number of rotatable bonds is 0. The second-order valence-electron chi connectivity index (χ2n) is 2.36. The smallest absolute Gasteiger partial charge is 0.0342 e. The summed E-state index contributed by atoms with van der Waals surface area (Å²) in [6, 6.07) is 8.13. The first-order valence-corrected chi connectivity index (χ1v) is 3.72. The number of benzene rings is 1. The monoisotopic (exact) mass is 160 g/mol. The Bertz CT molecular complexity index is 377. The van der Waals surface area contributed by atoms with Gasteiger partial charge < -0.3 is 0 Å². The van der Waals surface area contributed by atoms with Crippen molar-refractivity contribution in [3.05, 3.63) is 35.4 Å². The lowest BCUT2D eigenvalue weighted by molar-refractivity contribution is 1.55. The van der Waals surface area contributed by atoms with Gasteiger partial charge in [-0.2, -0.15) is 0 Å². The maximum absolute atomic E-state index is 5.27. The summed E-state index contributed by atoms with van der Waals surface area (Å²) in [6.07, 6.45) is 2.03. The van der Waals surface area contributed by atoms with Crippen molar-refractivity contribution >= 4 is 23.3 Å². The molecule has 52 valence electrons. The van der Waals surface area contributed by atoms with Crippen molar-refractivity contribution in [1.29, 1.82) is 0 Å². The zero-order chi connectivity index (χ0) is 7.68. The van der Waals surface area contributed by atoms with E-state index in [9.17, 15) is 0 Å². The predicted molar refractivity (Wildman–Crippen MR) is 47.9 cm³/mol. The van der Waals surface area contributed by atoms with Gasteiger partial charge in [-0.15, -0.1) is 0 Å². The van der Waals surface area contributed by atoms with Crippen molar-refractivity contribution in [2.75, 3.05) is 0 Å². The van der Waals surface area contributed by atoms with Gasteiger partial charge in [0.05, 0.1) is 0 Å². The van der Waals surface area contributed by atoms with Crippen LogP contribution >= 0.6 is 11.6 Å². The molecular formula is C10H5Cl. The van der Waals surface area contributed by atoms with Crippen LogP contribution in [0.2, 0.25) is 0 Å². The first-order valence-electron chi connectivity index (χ1n) is 3.34. The molecule has 0 aliphatic heterocycles. The summed E-state index contributed by atoms with van der Waals surface area (Å²) < 4.78 is 0. The van der Waals surface area contributed by atoms with Crippen LogP contribution in [0.4, 0.5) is 0 Å². The zero-order valence-corrected chi connectivity index (χ0v) is 6.52. The van der Waals surface area contributed by atoms with Gasteiger partial charge in [-0.3, -0.25) is 0 Å². The molecule has 0 radical (unpaired) electrons. The van der Waals surface area contributed by atoms with Crippen LogP contribution in [0.1, 0.15) is 11.1 Å². The fourth-order valence-corrected chi connectivity index (χ4v) is 1.28. The van der Waals surface area contributed by atoms with E-state index in [-0.39, 0.29) is 0 Å². The molecule has 0 unspecified atom stereocenters. The summed E-state index contributed by atoms with van der Waals surface area (Å²) in [5.41, 5.74) is 3.50. The molecule has 0 bridgehead atoms. The highest BCUT2D eigenvalue weighted by molar-refractivity contribution is 6.31. The second kappa shape index (κ2) is 2.45. The van der Waals surface area contributed by atoms with E-state index in [4.69, 9.17) is 11.6 Å². The summed E-state index contributed by atoms with van der Waals surface area (Å²) in [6.45, 7) is 0. The Morgan fingerprint density at radius 3 is 2.73 bits per heavy atom. The summed E-state index contributed by atoms with van der Waals surface area (Å²) in [4.78, 5) is 0. The second-order valence-corrected chi connectivity index (χ2v) is 2.55. The molecule has 0 N–H and O–H groups in total. The standard InChI is InChI=1S/C10H5Cl/c11-6-5-9-7-8-3-1-2-4-10(8)9/h1-4,7H. The highest BCUT2D eigenvalue weighted by Gasteiger charge is 2.11. The molecule has 1 aliphatic carbocycles. The van der Waals surface area contributed by atoms with Crippen LogP contribution in [0, 0.1) is 11.3 Å². The lowest BCUT2D eigenvalue weighted by atomic mass is 9.89. The Hall–Kier alpha value is -1.19. The topological polar surface area (TPSA) is 0 Å². The maximum Gasteiger partial charge on any atom is 0.0342 e. The van der Waals surface area contributed by atoms with Crippen molar-refractivity contribution in [3.63, 3.8) is 0 Å². The van der Waals surface area contributed by atoms with Crippen LogP contribution < -0.4 is 0 Å². The average Bonchev–Trinajstić information content (AvgIpc) is 2.01. The zero-order valence-electron chi connectivity index (χ0n) is 5.76. The number of allylic oxidation sites excluding steroid dienone is 1. The van der Waals surface area contributed by atoms with Crippen LogP contribution in [0.25, 0.3) is 11.6 Å². The number of halogens is 1. The lowest BCUT2D eigenvalue weighted by Gasteiger charge is -2.13. The molecule has 0 fully saturated rings. The normalized spacial score (nSPS) is 11.9. The number of fused-ring (bicyclic) bond motifs is 1. The van der Waals surface area contributed by atoms with Gasteiger partial charge in [-0.25, -0.2) is 0 Å². The number of hydrogen-bond donors (Lipinski definition) is 0. The third-order valence-corrected chi connectivity index (χ3v) is 1.83. The third kappa shape index (κ3) is 0.943. The van der Waals surface area contributed by atoms with Crippen molar-refractivity contribution < 1.29 is 0 Å². The molecule has 0 heterocycles. The van der Waals surface area contributed by atoms with Crippen LogP contribution in [0.3, 0.4) is 0 Å². The van der Waals surface area contributed by atoms with E-state index in [0.717, 1.165) is 5.57 Å². The Labute approximate surface area is 70.5 Å². The van der Waals surface area contributed by atoms with E-state index >= 15 is 0 Å². The summed E-state index contributed by atoms with van der Waals surface area (Å²) in [5.74, 6) is 2.81. The van der Waals surface area contributed by atoms with Gasteiger partial charge in [0.1, 0.15) is 0 Å². The molecule has 1 aliphatic rings. The molecular weight excluding hydrogens is 156 g/mol. The minimum atomic E-state index is 1.04. The van der Waals surface area contributed by atoms with Crippen molar-refractivity contribution in [2.24, 2.45) is 0 Å². The lowest BCUT2D eigenvalue weighted by Crippen LogP contribution is -1.95. The van der Waals surface area contributed by atoms with Gasteiger partial charge >= 0.3 is 0 Å². The van der Waals surface area contributed by atoms with Gasteiger partial charge in [-0.05, 0) is 34.7 Å². The van der Waals surface area contributed by atoms with Crippen LogP contribution in [-0.2, 0) is 0 Å². The van der Waals surface area contributed by atoms with Gasteiger partial charge in [0.2, 0.25) is 0 Å². The van der Waals surface area contributed by atoms with E-state index < -0.39 is 0 Å². The van der Waals surface area contributed by atoms with Gasteiger partial charge in [0.25, 0.3) is 0 Å². The predicted octanol–water partition coefficient (Wildman–Crippen LogP) is 2.74. The van der Waals surface area contributed by atoms with Gasteiger partial charge in [-0.1, -0.05) is 24.3 Å². The molecule has 0 atom stereocenters. The van der Waals surface area contributed by atoms with Crippen molar-refractivity contribution in [2.45, 2.75) is 0 Å². The molecule has 0 amide bonds. The summed E-state index contributed by atoms with van der Waals surface area (Å²) in [7, 11) is 0. The highest BCUT2D eigenvalue weighted by atomic mass is 35.5. The first-order chi connectivity index (χ1) is 5.42. The van der Waals surface area contributed by atoms with Gasteiger partial charge in [0, 0.05) is 11.0 Å². The molecule has 2 rings (SSSR count). The fourth-order valence-electron chi connectivity index (χ4n) is 1.18. The minimum Gasteiger partial charge on any atom is -0.0616 e. The quantitative estimate of drug-likeness (QED) is 0.512. The third-order valence-electron chi connectivity index (χ3n) is 1.73. The Morgan fingerprint density at radius 2 is 2.00 bits per heavy atom. The molecule has 0 spiro atoms. The molecule has 0 saturated heterocycles. The molecule has 11 heavy (non-hydrogen) atoms. The van der Waals surface area contributed by atoms with E-state index in [0.29, 0.717) is 0 Å². The van der Waals surface area contributed by atoms with Crippen LogP contribution in [-0.4, -0.2) is 0 Å². The molecule has 1 heteroatoms.